The molecule has 2 aliphatic heterocycles. The van der Waals surface area contributed by atoms with Gasteiger partial charge in [0, 0.05) is 36.8 Å². The van der Waals surface area contributed by atoms with Crippen molar-refractivity contribution in [3.63, 3.8) is 0 Å². The second kappa shape index (κ2) is 7.99. The molecule has 1 amide bonds. The molecule has 1 aromatic heterocycles. The molecular formula is C24H30N4O. The Morgan fingerprint density at radius 2 is 2.07 bits per heavy atom. The lowest BCUT2D eigenvalue weighted by molar-refractivity contribution is -0.117. The summed E-state index contributed by atoms with van der Waals surface area (Å²) < 4.78 is 0. The maximum absolute atomic E-state index is 12.5. The number of aromatic nitrogens is 1. The van der Waals surface area contributed by atoms with Crippen molar-refractivity contribution in [2.45, 2.75) is 46.2 Å². The Morgan fingerprint density at radius 1 is 1.24 bits per heavy atom. The van der Waals surface area contributed by atoms with Crippen molar-refractivity contribution in [3.05, 3.63) is 59.3 Å². The van der Waals surface area contributed by atoms with Crippen LogP contribution >= 0.6 is 0 Å². The van der Waals surface area contributed by atoms with E-state index in [1.54, 1.807) is 6.92 Å². The molecule has 3 heterocycles. The number of benzene rings is 1. The van der Waals surface area contributed by atoms with E-state index >= 15 is 0 Å². The summed E-state index contributed by atoms with van der Waals surface area (Å²) in [4.78, 5) is 19.1. The summed E-state index contributed by atoms with van der Waals surface area (Å²) in [5.41, 5.74) is 5.79. The second-order valence-corrected chi connectivity index (χ2v) is 8.23. The van der Waals surface area contributed by atoms with Gasteiger partial charge in [-0.25, -0.2) is 4.98 Å². The Bertz CT molecular complexity index is 952. The van der Waals surface area contributed by atoms with Gasteiger partial charge in [0.05, 0.1) is 6.04 Å². The molecule has 0 radical (unpaired) electrons. The number of anilines is 2. The van der Waals surface area contributed by atoms with Crippen molar-refractivity contribution in [2.24, 2.45) is 5.92 Å². The average Bonchev–Trinajstić information content (AvgIpc) is 2.72. The van der Waals surface area contributed by atoms with Gasteiger partial charge in [-0.3, -0.25) is 4.79 Å². The molecular weight excluding hydrogens is 360 g/mol. The number of nitrogens with one attached hydrogen (secondary N) is 2. The van der Waals surface area contributed by atoms with Gasteiger partial charge in [-0.05, 0) is 67.8 Å². The Hall–Kier alpha value is -2.66. The molecule has 2 aliphatic rings. The first kappa shape index (κ1) is 19.6. The molecule has 0 saturated carbocycles. The molecule has 152 valence electrons. The second-order valence-electron chi connectivity index (χ2n) is 8.23. The summed E-state index contributed by atoms with van der Waals surface area (Å²) in [7, 11) is 0. The van der Waals surface area contributed by atoms with E-state index in [0.717, 1.165) is 36.7 Å². The number of rotatable bonds is 3. The lowest BCUT2D eigenvalue weighted by Gasteiger charge is -2.44. The summed E-state index contributed by atoms with van der Waals surface area (Å²) in [6, 6.07) is 12.8. The normalized spacial score (nSPS) is 23.9. The van der Waals surface area contributed by atoms with Gasteiger partial charge in [-0.2, -0.15) is 0 Å². The molecule has 0 spiro atoms. The van der Waals surface area contributed by atoms with Crippen LogP contribution in [0.3, 0.4) is 0 Å². The van der Waals surface area contributed by atoms with Gasteiger partial charge in [0.2, 0.25) is 5.91 Å². The number of amides is 1. The molecule has 0 fully saturated rings. The molecule has 3 atom stereocenters. The zero-order valence-electron chi connectivity index (χ0n) is 17.7. The number of hydrogen-bond donors (Lipinski definition) is 2. The summed E-state index contributed by atoms with van der Waals surface area (Å²) in [6.45, 7) is 9.93. The van der Waals surface area contributed by atoms with E-state index in [2.05, 4.69) is 53.7 Å². The topological polar surface area (TPSA) is 57.3 Å². The predicted molar refractivity (Wildman–Crippen MR) is 119 cm³/mol. The Labute approximate surface area is 173 Å². The van der Waals surface area contributed by atoms with E-state index in [9.17, 15) is 4.79 Å². The van der Waals surface area contributed by atoms with Crippen molar-refractivity contribution in [3.8, 4) is 0 Å². The van der Waals surface area contributed by atoms with E-state index in [1.165, 1.54) is 16.7 Å². The maximum Gasteiger partial charge on any atom is 0.224 e. The highest BCUT2D eigenvalue weighted by atomic mass is 16.2. The van der Waals surface area contributed by atoms with E-state index in [4.69, 9.17) is 0 Å². The first-order valence-corrected chi connectivity index (χ1v) is 10.5. The quantitative estimate of drug-likeness (QED) is 0.820. The zero-order chi connectivity index (χ0) is 20.5. The minimum atomic E-state index is 0.0894. The van der Waals surface area contributed by atoms with Gasteiger partial charge in [-0.15, -0.1) is 0 Å². The van der Waals surface area contributed by atoms with Crippen molar-refractivity contribution in [1.82, 2.24) is 10.3 Å². The number of aryl methyl sites for hydroxylation is 1. The van der Waals surface area contributed by atoms with Crippen LogP contribution in [0, 0.1) is 12.8 Å². The van der Waals surface area contributed by atoms with E-state index in [-0.39, 0.29) is 23.9 Å². The molecule has 1 aromatic carbocycles. The number of fused-ring (bicyclic) bond motifs is 1. The Kier molecular flexibility index (Phi) is 5.41. The van der Waals surface area contributed by atoms with Gasteiger partial charge in [0.1, 0.15) is 5.82 Å². The van der Waals surface area contributed by atoms with E-state index < -0.39 is 0 Å². The van der Waals surface area contributed by atoms with Crippen LogP contribution in [-0.4, -0.2) is 30.0 Å². The molecule has 29 heavy (non-hydrogen) atoms. The van der Waals surface area contributed by atoms with Gasteiger partial charge in [0.15, 0.2) is 0 Å². The fraction of sp³-hybridized carbons (Fsp3) is 0.417. The molecule has 5 heteroatoms. The van der Waals surface area contributed by atoms with Gasteiger partial charge >= 0.3 is 0 Å². The third kappa shape index (κ3) is 3.79. The van der Waals surface area contributed by atoms with Crippen LogP contribution in [-0.2, 0) is 4.79 Å². The molecule has 2 aromatic rings. The zero-order valence-corrected chi connectivity index (χ0v) is 17.7. The molecule has 0 aliphatic carbocycles. The summed E-state index contributed by atoms with van der Waals surface area (Å²) in [5, 5.41) is 7.05. The minimum Gasteiger partial charge on any atom is -0.363 e. The summed E-state index contributed by atoms with van der Waals surface area (Å²) in [6.07, 6.45) is 3.30. The largest absolute Gasteiger partial charge is 0.363 e. The van der Waals surface area contributed by atoms with Gasteiger partial charge in [-0.1, -0.05) is 25.1 Å². The number of nitrogens with zero attached hydrogens (tertiary/aromatic N) is 2. The van der Waals surface area contributed by atoms with Crippen LogP contribution in [0.5, 0.6) is 0 Å². The fourth-order valence-electron chi connectivity index (χ4n) is 4.57. The number of pyridine rings is 1. The molecule has 2 N–H and O–H groups in total. The van der Waals surface area contributed by atoms with Crippen molar-refractivity contribution in [2.75, 3.05) is 23.3 Å². The molecule has 4 rings (SSSR count). The highest BCUT2D eigenvalue weighted by Gasteiger charge is 2.38. The number of hydrogen-bond acceptors (Lipinski definition) is 4. The highest BCUT2D eigenvalue weighted by molar-refractivity contribution is 5.94. The fourth-order valence-corrected chi connectivity index (χ4v) is 4.57. The van der Waals surface area contributed by atoms with Gasteiger partial charge in [0.25, 0.3) is 0 Å². The lowest BCUT2D eigenvalue weighted by atomic mass is 9.81. The first-order chi connectivity index (χ1) is 14.0. The van der Waals surface area contributed by atoms with Crippen molar-refractivity contribution < 1.29 is 4.79 Å². The smallest absolute Gasteiger partial charge is 0.224 e. The summed E-state index contributed by atoms with van der Waals surface area (Å²) in [5.74, 6) is 1.21. The van der Waals surface area contributed by atoms with Crippen LogP contribution in [0.1, 0.15) is 50.1 Å². The monoisotopic (exact) mass is 390 g/mol. The lowest BCUT2D eigenvalue weighted by Crippen LogP contribution is -2.48. The standard InChI is InChI=1S/C24H30N4O/c1-15-6-5-7-23(26-15)27-24-16(2)17(3)28(18(4)29)22-9-8-20(14-21(22)24)19-10-12-25-13-11-19/h5-10,14,16-17,24-25H,11-13H2,1-4H3,(H,26,27). The molecule has 5 nitrogen and oxygen atoms in total. The molecule has 0 saturated heterocycles. The third-order valence-corrected chi connectivity index (χ3v) is 6.28. The highest BCUT2D eigenvalue weighted by Crippen LogP contribution is 2.43. The van der Waals surface area contributed by atoms with E-state index in [1.807, 2.05) is 30.0 Å². The van der Waals surface area contributed by atoms with Crippen LogP contribution in [0.2, 0.25) is 0 Å². The first-order valence-electron chi connectivity index (χ1n) is 10.5. The molecule has 3 unspecified atom stereocenters. The predicted octanol–water partition coefficient (Wildman–Crippen LogP) is 4.31. The van der Waals surface area contributed by atoms with Crippen LogP contribution < -0.4 is 15.5 Å². The Morgan fingerprint density at radius 3 is 2.76 bits per heavy atom. The van der Waals surface area contributed by atoms with Gasteiger partial charge < -0.3 is 15.5 Å². The maximum atomic E-state index is 12.5. The van der Waals surface area contributed by atoms with Crippen LogP contribution in [0.25, 0.3) is 5.57 Å². The summed E-state index contributed by atoms with van der Waals surface area (Å²) >= 11 is 0. The van der Waals surface area contributed by atoms with E-state index in [0.29, 0.717) is 0 Å². The van der Waals surface area contributed by atoms with Crippen LogP contribution in [0.15, 0.2) is 42.5 Å². The molecule has 0 bridgehead atoms. The SMILES string of the molecule is CC(=O)N1c2ccc(C3=CCNCC3)cc2C(Nc2cccc(C)n2)C(C)C1C. The minimum absolute atomic E-state index is 0.0894. The van der Waals surface area contributed by atoms with Crippen LogP contribution in [0.4, 0.5) is 11.5 Å². The van der Waals surface area contributed by atoms with Crippen molar-refractivity contribution >= 4 is 23.0 Å². The Balaban J connectivity index is 1.80. The number of carbonyl (C=O) groups excluding carboxylic acids is 1. The van der Waals surface area contributed by atoms with Crippen molar-refractivity contribution in [1.29, 1.82) is 0 Å². The number of carbonyl (C=O) groups is 1. The third-order valence-electron chi connectivity index (χ3n) is 6.28. The average molecular weight is 391 g/mol.